The van der Waals surface area contributed by atoms with E-state index >= 15 is 0 Å². The minimum atomic E-state index is -3.97. The fourth-order valence-electron chi connectivity index (χ4n) is 5.31. The van der Waals surface area contributed by atoms with Crippen molar-refractivity contribution in [2.45, 2.75) is 31.2 Å². The molecule has 0 bridgehead atoms. The van der Waals surface area contributed by atoms with Gasteiger partial charge in [-0.05, 0) is 43.5 Å². The van der Waals surface area contributed by atoms with Crippen LogP contribution in [0.3, 0.4) is 0 Å². The van der Waals surface area contributed by atoms with Crippen LogP contribution >= 0.6 is 11.6 Å². The number of methoxy groups -OCH3 is 2. The Labute approximate surface area is 244 Å². The summed E-state index contributed by atoms with van der Waals surface area (Å²) in [5, 5.41) is 0.0675. The number of nitrogens with one attached hydrogen (secondary N) is 1. The van der Waals surface area contributed by atoms with E-state index in [0.29, 0.717) is 5.56 Å². The third-order valence-electron chi connectivity index (χ3n) is 7.29. The van der Waals surface area contributed by atoms with Gasteiger partial charge in [0.2, 0.25) is 10.0 Å². The summed E-state index contributed by atoms with van der Waals surface area (Å²) >= 11 is 6.92. The first-order chi connectivity index (χ1) is 19.6. The Bertz CT molecular complexity index is 1800. The summed E-state index contributed by atoms with van der Waals surface area (Å²) in [7, 11) is -1.21. The Hall–Kier alpha value is -3.98. The second-order valence-corrected chi connectivity index (χ2v) is 12.0. The van der Waals surface area contributed by atoms with Crippen LogP contribution in [0.1, 0.15) is 60.1 Å². The minimum Gasteiger partial charge on any atom is -0.496 e. The van der Waals surface area contributed by atoms with Crippen LogP contribution in [0, 0.1) is 13.8 Å². The molecule has 0 amide bonds. The zero-order valence-electron chi connectivity index (χ0n) is 22.9. The summed E-state index contributed by atoms with van der Waals surface area (Å²) in [5.74, 6) is -0.671. The van der Waals surface area contributed by atoms with Crippen LogP contribution in [-0.2, 0) is 16.4 Å². The van der Waals surface area contributed by atoms with E-state index in [2.05, 4.69) is 4.72 Å². The molecule has 0 radical (unpaired) electrons. The highest BCUT2D eigenvalue weighted by Crippen LogP contribution is 2.47. The second-order valence-electron chi connectivity index (χ2n) is 9.86. The fraction of sp³-hybridized carbons (Fsp3) is 0.188. The topological polar surface area (TPSA) is 98.8 Å². The lowest BCUT2D eigenvalue weighted by molar-refractivity contribution is 0.0973. The molecule has 4 aromatic rings. The highest BCUT2D eigenvalue weighted by molar-refractivity contribution is 7.89. The number of hydrogen-bond acceptors (Lipinski definition) is 6. The van der Waals surface area contributed by atoms with Gasteiger partial charge in [-0.3, -0.25) is 9.59 Å². The predicted molar refractivity (Wildman–Crippen MR) is 157 cm³/mol. The molecule has 0 aliphatic heterocycles. The first kappa shape index (κ1) is 28.5. The van der Waals surface area contributed by atoms with Crippen molar-refractivity contribution in [3.63, 3.8) is 0 Å². The highest BCUT2D eigenvalue weighted by Gasteiger charge is 2.39. The molecule has 0 saturated carbocycles. The van der Waals surface area contributed by atoms with Crippen molar-refractivity contribution in [2.75, 3.05) is 14.2 Å². The smallest absolute Gasteiger partial charge is 0.241 e. The lowest BCUT2D eigenvalue weighted by Gasteiger charge is -2.27. The standard InChI is InChI=1S/C32H28ClNO6S/c1-18-14-15-19(2)23(16-18)25(34-41(37,38)20-10-6-5-7-11-20)17-24-28(33)32(40-4)27-26(31(24)39-3)29(35)21-12-8-9-13-22(21)30(27)36/h5-16,25,34H,17H2,1-4H3. The number of carbonyl (C=O) groups is 2. The van der Waals surface area contributed by atoms with E-state index in [0.717, 1.165) is 16.7 Å². The largest absolute Gasteiger partial charge is 0.496 e. The van der Waals surface area contributed by atoms with Crippen LogP contribution in [-0.4, -0.2) is 34.2 Å². The zero-order valence-corrected chi connectivity index (χ0v) is 24.5. The van der Waals surface area contributed by atoms with Gasteiger partial charge in [-0.1, -0.05) is 77.8 Å². The van der Waals surface area contributed by atoms with Crippen LogP contribution in [0.2, 0.25) is 5.02 Å². The predicted octanol–water partition coefficient (Wildman–Crippen LogP) is 6.01. The number of benzene rings is 4. The quantitative estimate of drug-likeness (QED) is 0.238. The maximum absolute atomic E-state index is 13.8. The van der Waals surface area contributed by atoms with Crippen LogP contribution in [0.15, 0.2) is 77.7 Å². The molecule has 4 aromatic carbocycles. The van der Waals surface area contributed by atoms with E-state index in [-0.39, 0.29) is 50.1 Å². The number of fused-ring (bicyclic) bond motifs is 2. The molecule has 1 atom stereocenters. The van der Waals surface area contributed by atoms with Crippen molar-refractivity contribution in [3.05, 3.63) is 122 Å². The molecule has 5 rings (SSSR count). The number of sulfonamides is 1. The van der Waals surface area contributed by atoms with Gasteiger partial charge < -0.3 is 9.47 Å². The lowest BCUT2D eigenvalue weighted by Crippen LogP contribution is -2.31. The van der Waals surface area contributed by atoms with Crippen LogP contribution < -0.4 is 14.2 Å². The van der Waals surface area contributed by atoms with Crippen molar-refractivity contribution >= 4 is 33.2 Å². The lowest BCUT2D eigenvalue weighted by atomic mass is 9.81. The van der Waals surface area contributed by atoms with Crippen molar-refractivity contribution < 1.29 is 27.5 Å². The number of rotatable bonds is 8. The van der Waals surface area contributed by atoms with Crippen LogP contribution in [0.5, 0.6) is 11.5 Å². The molecule has 7 nitrogen and oxygen atoms in total. The van der Waals surface area contributed by atoms with Gasteiger partial charge in [0, 0.05) is 16.7 Å². The average molecular weight is 590 g/mol. The molecule has 0 fully saturated rings. The third-order valence-corrected chi connectivity index (χ3v) is 9.18. The van der Waals surface area contributed by atoms with Crippen LogP contribution in [0.4, 0.5) is 0 Å². The van der Waals surface area contributed by atoms with Gasteiger partial charge in [-0.15, -0.1) is 0 Å². The molecule has 0 heterocycles. The summed E-state index contributed by atoms with van der Waals surface area (Å²) in [6.07, 6.45) is 0.00508. The average Bonchev–Trinajstić information content (AvgIpc) is 2.97. The molecule has 1 aliphatic carbocycles. The normalized spacial score (nSPS) is 13.4. The summed E-state index contributed by atoms with van der Waals surface area (Å²) in [4.78, 5) is 27.5. The number of hydrogen-bond donors (Lipinski definition) is 1. The number of ether oxygens (including phenoxy) is 2. The van der Waals surface area contributed by atoms with Crippen molar-refractivity contribution in [1.82, 2.24) is 4.72 Å². The first-order valence-electron chi connectivity index (χ1n) is 12.9. The SMILES string of the molecule is COc1c(Cl)c(CC(NS(=O)(=O)c2ccccc2)c2cc(C)ccc2C)c(OC)c2c1C(=O)c1ccccc1C2=O. The summed E-state index contributed by atoms with van der Waals surface area (Å²) in [6.45, 7) is 3.81. The monoisotopic (exact) mass is 589 g/mol. The number of ketones is 2. The van der Waals surface area contributed by atoms with Gasteiger partial charge in [0.05, 0.1) is 41.3 Å². The van der Waals surface area contributed by atoms with Crippen molar-refractivity contribution in [3.8, 4) is 11.5 Å². The van der Waals surface area contributed by atoms with Crippen LogP contribution in [0.25, 0.3) is 0 Å². The summed E-state index contributed by atoms with van der Waals surface area (Å²) in [5.41, 5.74) is 3.42. The van der Waals surface area contributed by atoms with E-state index < -0.39 is 27.6 Å². The molecule has 1 N–H and O–H groups in total. The Morgan fingerprint density at radius 3 is 1.95 bits per heavy atom. The number of halogens is 1. The molecule has 0 aromatic heterocycles. The van der Waals surface area contributed by atoms with E-state index in [9.17, 15) is 18.0 Å². The molecule has 1 aliphatic rings. The summed E-state index contributed by atoms with van der Waals surface area (Å²) < 4.78 is 41.3. The van der Waals surface area contributed by atoms with E-state index in [1.807, 2.05) is 32.0 Å². The Morgan fingerprint density at radius 1 is 0.805 bits per heavy atom. The summed E-state index contributed by atoms with van der Waals surface area (Å²) in [6, 6.07) is 19.6. The molecule has 0 spiro atoms. The number of aryl methyl sites for hydroxylation is 2. The molecule has 210 valence electrons. The molecular formula is C32H28ClNO6S. The maximum Gasteiger partial charge on any atom is 0.241 e. The van der Waals surface area contributed by atoms with E-state index in [1.54, 1.807) is 42.5 Å². The molecular weight excluding hydrogens is 562 g/mol. The molecule has 9 heteroatoms. The highest BCUT2D eigenvalue weighted by atomic mass is 35.5. The van der Waals surface area contributed by atoms with Gasteiger partial charge in [0.25, 0.3) is 0 Å². The van der Waals surface area contributed by atoms with Crippen molar-refractivity contribution in [1.29, 1.82) is 0 Å². The molecule has 1 unspecified atom stereocenters. The van der Waals surface area contributed by atoms with Gasteiger partial charge >= 0.3 is 0 Å². The van der Waals surface area contributed by atoms with E-state index in [4.69, 9.17) is 21.1 Å². The Balaban J connectivity index is 1.72. The van der Waals surface area contributed by atoms with E-state index in [1.165, 1.54) is 26.4 Å². The van der Waals surface area contributed by atoms with Crippen molar-refractivity contribution in [2.24, 2.45) is 0 Å². The fourth-order valence-corrected chi connectivity index (χ4v) is 6.89. The first-order valence-corrected chi connectivity index (χ1v) is 14.7. The van der Waals surface area contributed by atoms with Gasteiger partial charge in [-0.25, -0.2) is 13.1 Å². The number of carbonyl (C=O) groups excluding carboxylic acids is 2. The van der Waals surface area contributed by atoms with Gasteiger partial charge in [-0.2, -0.15) is 0 Å². The third kappa shape index (κ3) is 5.03. The zero-order chi connectivity index (χ0) is 29.5. The maximum atomic E-state index is 13.8. The second kappa shape index (κ2) is 11.1. The molecule has 41 heavy (non-hydrogen) atoms. The van der Waals surface area contributed by atoms with Gasteiger partial charge in [0.1, 0.15) is 11.5 Å². The Morgan fingerprint density at radius 2 is 1.37 bits per heavy atom. The molecule has 0 saturated heterocycles. The Kier molecular flexibility index (Phi) is 7.74. The minimum absolute atomic E-state index is 0.00508. The van der Waals surface area contributed by atoms with Gasteiger partial charge in [0.15, 0.2) is 11.6 Å².